The number of benzene rings is 1. The molecule has 18 heavy (non-hydrogen) atoms. The van der Waals surface area contributed by atoms with Gasteiger partial charge in [-0.2, -0.15) is 0 Å². The van der Waals surface area contributed by atoms with E-state index >= 15 is 0 Å². The molecule has 0 saturated heterocycles. The highest BCUT2D eigenvalue weighted by Crippen LogP contribution is 2.28. The molecule has 1 aromatic heterocycles. The van der Waals surface area contributed by atoms with Crippen molar-refractivity contribution in [2.24, 2.45) is 5.16 Å². The lowest BCUT2D eigenvalue weighted by Gasteiger charge is -1.98. The fourth-order valence-electron chi connectivity index (χ4n) is 1.38. The van der Waals surface area contributed by atoms with E-state index in [4.69, 9.17) is 16.0 Å². The highest BCUT2D eigenvalue weighted by molar-refractivity contribution is 6.33. The zero-order valence-corrected chi connectivity index (χ0v) is 10.3. The first kappa shape index (κ1) is 12.4. The molecule has 5 heteroatoms. The fraction of sp³-hybridized carbons (Fsp3) is 0.0769. The van der Waals surface area contributed by atoms with Crippen molar-refractivity contribution in [3.8, 4) is 11.3 Å². The Morgan fingerprint density at radius 2 is 2.11 bits per heavy atom. The molecule has 2 aromatic rings. The molecule has 0 amide bonds. The molecular weight excluding hydrogens is 254 g/mol. The van der Waals surface area contributed by atoms with Crippen LogP contribution in [0.1, 0.15) is 12.7 Å². The quantitative estimate of drug-likeness (QED) is 0.484. The normalized spacial score (nSPS) is 10.8. The molecule has 0 aliphatic rings. The molecule has 0 atom stereocenters. The van der Waals surface area contributed by atoms with E-state index in [0.717, 1.165) is 5.56 Å². The van der Waals surface area contributed by atoms with Crippen molar-refractivity contribution in [1.82, 2.24) is 0 Å². The number of carbonyl (C=O) groups is 1. The van der Waals surface area contributed by atoms with Crippen LogP contribution in [0.15, 0.2) is 46.0 Å². The SMILES string of the molecule is CC(=O)O/N=C/c1ccc(-c2ccccc2Cl)o1. The van der Waals surface area contributed by atoms with E-state index in [-0.39, 0.29) is 0 Å². The molecule has 1 aromatic carbocycles. The summed E-state index contributed by atoms with van der Waals surface area (Å²) in [6.07, 6.45) is 1.32. The van der Waals surface area contributed by atoms with Gasteiger partial charge >= 0.3 is 5.97 Å². The average Bonchev–Trinajstić information content (AvgIpc) is 2.78. The average molecular weight is 264 g/mol. The first-order chi connectivity index (χ1) is 8.66. The Balaban J connectivity index is 2.18. The second kappa shape index (κ2) is 5.51. The zero-order chi connectivity index (χ0) is 13.0. The first-order valence-electron chi connectivity index (χ1n) is 5.22. The molecule has 1 heterocycles. The van der Waals surface area contributed by atoms with Crippen molar-refractivity contribution >= 4 is 23.8 Å². The first-order valence-corrected chi connectivity index (χ1v) is 5.60. The number of oxime groups is 1. The van der Waals surface area contributed by atoms with Crippen LogP contribution >= 0.6 is 11.6 Å². The molecular formula is C13H10ClNO3. The molecule has 0 spiro atoms. The smallest absolute Gasteiger partial charge is 0.331 e. The highest BCUT2D eigenvalue weighted by Gasteiger charge is 2.06. The summed E-state index contributed by atoms with van der Waals surface area (Å²) >= 11 is 6.05. The highest BCUT2D eigenvalue weighted by atomic mass is 35.5. The Bertz CT molecular complexity index is 589. The minimum atomic E-state index is -0.482. The van der Waals surface area contributed by atoms with Crippen LogP contribution < -0.4 is 0 Å². The van der Waals surface area contributed by atoms with E-state index in [9.17, 15) is 4.79 Å². The Morgan fingerprint density at radius 3 is 2.83 bits per heavy atom. The molecule has 0 unspecified atom stereocenters. The van der Waals surface area contributed by atoms with Gasteiger partial charge in [-0.05, 0) is 24.3 Å². The van der Waals surface area contributed by atoms with Crippen LogP contribution in [0, 0.1) is 0 Å². The van der Waals surface area contributed by atoms with E-state index in [1.807, 2.05) is 18.2 Å². The van der Waals surface area contributed by atoms with Crippen LogP contribution in [-0.4, -0.2) is 12.2 Å². The van der Waals surface area contributed by atoms with Crippen molar-refractivity contribution in [1.29, 1.82) is 0 Å². The van der Waals surface area contributed by atoms with E-state index in [2.05, 4.69) is 9.99 Å². The van der Waals surface area contributed by atoms with E-state index in [1.165, 1.54) is 13.1 Å². The molecule has 92 valence electrons. The van der Waals surface area contributed by atoms with Crippen molar-refractivity contribution in [3.05, 3.63) is 47.2 Å². The van der Waals surface area contributed by atoms with Gasteiger partial charge in [0.05, 0.1) is 5.02 Å². The Hall–Kier alpha value is -2.07. The van der Waals surface area contributed by atoms with E-state index in [1.54, 1.807) is 18.2 Å². The van der Waals surface area contributed by atoms with Gasteiger partial charge in [-0.3, -0.25) is 0 Å². The maximum absolute atomic E-state index is 10.5. The van der Waals surface area contributed by atoms with Crippen molar-refractivity contribution < 1.29 is 14.0 Å². The van der Waals surface area contributed by atoms with Crippen molar-refractivity contribution in [2.45, 2.75) is 6.92 Å². The van der Waals surface area contributed by atoms with Crippen LogP contribution in [0.2, 0.25) is 5.02 Å². The molecule has 0 aliphatic heterocycles. The van der Waals surface area contributed by atoms with Gasteiger partial charge in [0.25, 0.3) is 0 Å². The third-order valence-corrected chi connectivity index (χ3v) is 2.46. The maximum atomic E-state index is 10.5. The molecule has 0 saturated carbocycles. The Kier molecular flexibility index (Phi) is 3.79. The van der Waals surface area contributed by atoms with Gasteiger partial charge in [-0.15, -0.1) is 0 Å². The monoisotopic (exact) mass is 263 g/mol. The lowest BCUT2D eigenvalue weighted by Crippen LogP contribution is -1.90. The number of rotatable bonds is 3. The van der Waals surface area contributed by atoms with Crippen molar-refractivity contribution in [3.63, 3.8) is 0 Å². The van der Waals surface area contributed by atoms with Crippen LogP contribution in [0.5, 0.6) is 0 Å². The van der Waals surface area contributed by atoms with Gasteiger partial charge in [-0.25, -0.2) is 4.79 Å². The molecule has 0 bridgehead atoms. The second-order valence-electron chi connectivity index (χ2n) is 3.50. The van der Waals surface area contributed by atoms with Crippen LogP contribution in [-0.2, 0) is 9.63 Å². The number of nitrogens with zero attached hydrogens (tertiary/aromatic N) is 1. The predicted molar refractivity (Wildman–Crippen MR) is 68.5 cm³/mol. The summed E-state index contributed by atoms with van der Waals surface area (Å²) < 4.78 is 5.51. The third-order valence-electron chi connectivity index (χ3n) is 2.13. The zero-order valence-electron chi connectivity index (χ0n) is 9.59. The van der Waals surface area contributed by atoms with Crippen LogP contribution in [0.3, 0.4) is 0 Å². The second-order valence-corrected chi connectivity index (χ2v) is 3.91. The predicted octanol–water partition coefficient (Wildman–Crippen LogP) is 3.50. The molecule has 0 N–H and O–H groups in total. The van der Waals surface area contributed by atoms with Gasteiger partial charge in [-0.1, -0.05) is 28.9 Å². The summed E-state index contributed by atoms with van der Waals surface area (Å²) in [5, 5.41) is 4.08. The van der Waals surface area contributed by atoms with Crippen molar-refractivity contribution in [2.75, 3.05) is 0 Å². The van der Waals surface area contributed by atoms with Gasteiger partial charge in [0.15, 0.2) is 0 Å². The van der Waals surface area contributed by atoms with E-state index < -0.39 is 5.97 Å². The number of hydrogen-bond acceptors (Lipinski definition) is 4. The summed E-state index contributed by atoms with van der Waals surface area (Å²) in [4.78, 5) is 15.0. The summed E-state index contributed by atoms with van der Waals surface area (Å²) in [6.45, 7) is 1.27. The third kappa shape index (κ3) is 2.99. The maximum Gasteiger partial charge on any atom is 0.331 e. The fourth-order valence-corrected chi connectivity index (χ4v) is 1.61. The Labute approximate surface area is 109 Å². The minimum absolute atomic E-state index is 0.478. The summed E-state index contributed by atoms with van der Waals surface area (Å²) in [6, 6.07) is 10.8. The van der Waals surface area contributed by atoms with Gasteiger partial charge in [0.2, 0.25) is 0 Å². The molecule has 0 radical (unpaired) electrons. The number of halogens is 1. The molecule has 0 fully saturated rings. The summed E-state index contributed by atoms with van der Waals surface area (Å²) in [5.41, 5.74) is 0.798. The standard InChI is InChI=1S/C13H10ClNO3/c1-9(16)18-15-8-10-6-7-13(17-10)11-4-2-3-5-12(11)14/h2-8H,1H3/b15-8+. The van der Waals surface area contributed by atoms with Crippen LogP contribution in [0.25, 0.3) is 11.3 Å². The van der Waals surface area contributed by atoms with Gasteiger partial charge in [0.1, 0.15) is 17.7 Å². The number of hydrogen-bond donors (Lipinski definition) is 0. The largest absolute Gasteiger partial charge is 0.455 e. The molecule has 0 aliphatic carbocycles. The molecule has 4 nitrogen and oxygen atoms in total. The number of carbonyl (C=O) groups excluding carboxylic acids is 1. The summed E-state index contributed by atoms with van der Waals surface area (Å²) in [5.74, 6) is 0.625. The van der Waals surface area contributed by atoms with Gasteiger partial charge in [0, 0.05) is 12.5 Å². The summed E-state index contributed by atoms with van der Waals surface area (Å²) in [7, 11) is 0. The van der Waals surface area contributed by atoms with Gasteiger partial charge < -0.3 is 9.25 Å². The Morgan fingerprint density at radius 1 is 1.33 bits per heavy atom. The van der Waals surface area contributed by atoms with E-state index in [0.29, 0.717) is 16.5 Å². The molecule has 2 rings (SSSR count). The lowest BCUT2D eigenvalue weighted by atomic mass is 10.2. The minimum Gasteiger partial charge on any atom is -0.455 e. The number of furan rings is 1. The van der Waals surface area contributed by atoms with Crippen LogP contribution in [0.4, 0.5) is 0 Å². The lowest BCUT2D eigenvalue weighted by molar-refractivity contribution is -0.140. The topological polar surface area (TPSA) is 51.8 Å².